The van der Waals surface area contributed by atoms with E-state index in [2.05, 4.69) is 20.3 Å². The van der Waals surface area contributed by atoms with E-state index in [4.69, 9.17) is 38.4 Å². The summed E-state index contributed by atoms with van der Waals surface area (Å²) in [7, 11) is 0. The molecular formula is C27H26ClF3N6O4S. The summed E-state index contributed by atoms with van der Waals surface area (Å²) in [6.45, 7) is 5.16. The number of fused-ring (bicyclic) bond motifs is 4. The van der Waals surface area contributed by atoms with Crippen LogP contribution in [0.25, 0.3) is 11.3 Å². The number of pyridine rings is 1. The van der Waals surface area contributed by atoms with Crippen molar-refractivity contribution >= 4 is 47.6 Å². The lowest BCUT2D eigenvalue weighted by molar-refractivity contribution is -0.141. The first-order valence-corrected chi connectivity index (χ1v) is 13.9. The molecule has 1 N–H and O–H groups in total. The molecular weight excluding hydrogens is 597 g/mol. The molecule has 3 aliphatic heterocycles. The van der Waals surface area contributed by atoms with Crippen LogP contribution in [0, 0.1) is 0 Å². The van der Waals surface area contributed by atoms with E-state index in [1.165, 1.54) is 29.4 Å². The van der Waals surface area contributed by atoms with Gasteiger partial charge in [-0.25, -0.2) is 19.7 Å². The van der Waals surface area contributed by atoms with Crippen LogP contribution in [0.4, 0.5) is 35.3 Å². The molecule has 2 amide bonds. The van der Waals surface area contributed by atoms with Crippen molar-refractivity contribution in [3.8, 4) is 17.1 Å². The van der Waals surface area contributed by atoms with Crippen molar-refractivity contribution in [3.63, 3.8) is 0 Å². The van der Waals surface area contributed by atoms with E-state index in [-0.39, 0.29) is 46.5 Å². The number of carbonyl (C=O) groups excluding carboxylic acids is 1. The normalized spacial score (nSPS) is 22.7. The molecule has 0 aliphatic carbocycles. The number of nitrogens with zero attached hydrogens (tertiary/aromatic N) is 5. The third-order valence-electron chi connectivity index (χ3n) is 7.16. The van der Waals surface area contributed by atoms with Crippen LogP contribution < -0.4 is 19.9 Å². The van der Waals surface area contributed by atoms with Gasteiger partial charge in [0, 0.05) is 18.2 Å². The molecule has 222 valence electrons. The average Bonchev–Trinajstić information content (AvgIpc) is 3.46. The minimum absolute atomic E-state index is 0.109. The molecule has 1 aromatic carbocycles. The summed E-state index contributed by atoms with van der Waals surface area (Å²) >= 11 is 11.4. The van der Waals surface area contributed by atoms with Gasteiger partial charge in [0.15, 0.2) is 11.6 Å². The van der Waals surface area contributed by atoms with Crippen LogP contribution in [0.2, 0.25) is 5.02 Å². The van der Waals surface area contributed by atoms with Gasteiger partial charge in [0.25, 0.3) is 0 Å². The van der Waals surface area contributed by atoms with Crippen molar-refractivity contribution in [2.24, 2.45) is 0 Å². The Bertz CT molecular complexity index is 1550. The molecule has 42 heavy (non-hydrogen) atoms. The lowest BCUT2D eigenvalue weighted by atomic mass is 10.1. The Hall–Kier alpha value is -3.33. The Morgan fingerprint density at radius 1 is 1.26 bits per heavy atom. The number of anilines is 3. The molecule has 0 saturated carbocycles. The number of halogens is 4. The summed E-state index contributed by atoms with van der Waals surface area (Å²) in [5, 5.41) is 2.91. The van der Waals surface area contributed by atoms with E-state index >= 15 is 0 Å². The Labute approximate surface area is 249 Å². The van der Waals surface area contributed by atoms with Gasteiger partial charge in [-0.15, -0.1) is 12.6 Å². The monoisotopic (exact) mass is 622 g/mol. The first-order valence-electron chi connectivity index (χ1n) is 13.0. The lowest BCUT2D eigenvalue weighted by Crippen LogP contribution is -2.55. The van der Waals surface area contributed by atoms with E-state index in [1.807, 2.05) is 18.7 Å². The van der Waals surface area contributed by atoms with E-state index in [0.717, 1.165) is 12.1 Å². The smallest absolute Gasteiger partial charge is 0.416 e. The maximum absolute atomic E-state index is 13.8. The molecule has 2 unspecified atom stereocenters. The van der Waals surface area contributed by atoms with Gasteiger partial charge in [0.2, 0.25) is 5.88 Å². The number of urea groups is 1. The number of amides is 2. The summed E-state index contributed by atoms with van der Waals surface area (Å²) in [6, 6.07) is 7.22. The zero-order chi connectivity index (χ0) is 29.9. The van der Waals surface area contributed by atoms with Gasteiger partial charge in [-0.1, -0.05) is 23.7 Å². The van der Waals surface area contributed by atoms with Gasteiger partial charge in [-0.3, -0.25) is 10.2 Å². The second kappa shape index (κ2) is 10.4. The van der Waals surface area contributed by atoms with Gasteiger partial charge >= 0.3 is 12.2 Å². The van der Waals surface area contributed by atoms with Gasteiger partial charge < -0.3 is 19.1 Å². The number of nitrogens with one attached hydrogen (secondary N) is 1. The predicted molar refractivity (Wildman–Crippen MR) is 152 cm³/mol. The molecule has 3 aromatic rings. The number of ether oxygens (including phenoxy) is 3. The molecule has 2 fully saturated rings. The number of thiol groups is 1. The van der Waals surface area contributed by atoms with E-state index in [9.17, 15) is 18.0 Å². The minimum atomic E-state index is -4.54. The summed E-state index contributed by atoms with van der Waals surface area (Å²) in [4.78, 5) is 29.1. The van der Waals surface area contributed by atoms with Crippen molar-refractivity contribution in [1.82, 2.24) is 15.0 Å². The molecule has 15 heteroatoms. The van der Waals surface area contributed by atoms with Gasteiger partial charge in [-0.05, 0) is 38.5 Å². The molecule has 0 spiro atoms. The minimum Gasteiger partial charge on any atom is -0.475 e. The molecule has 0 radical (unpaired) electrons. The third-order valence-corrected chi connectivity index (χ3v) is 8.01. The van der Waals surface area contributed by atoms with E-state index in [1.54, 1.807) is 6.07 Å². The van der Waals surface area contributed by atoms with Gasteiger partial charge in [0.1, 0.15) is 29.7 Å². The number of benzene rings is 1. The second-order valence-corrected chi connectivity index (χ2v) is 11.9. The number of hydrogen-bond donors (Lipinski definition) is 2. The summed E-state index contributed by atoms with van der Waals surface area (Å²) in [5.74, 6) is -0.0897. The SMILES string of the molecule is CC1(C)OCC(COc2cc(NC(=O)N3c4nc(-c5cccc(C(F)(F)F)c5)c(Cl)cc4N4CCC3(S)C4)ncn2)O1. The number of rotatable bonds is 5. The standard InChI is InChI=1S/C27H26ClF3N6O4S/c1-25(2)40-12-17(41-25)11-39-21-10-20(32-14-33-21)34-24(38)37-23-19(36-7-6-26(37,42)13-36)9-18(28)22(35-23)15-4-3-5-16(8-15)27(29,30)31/h3-5,8-10,14,17,42H,6-7,11-13H2,1-2H3,(H,32,33,34,38). The van der Waals surface area contributed by atoms with Crippen molar-refractivity contribution in [2.75, 3.05) is 41.4 Å². The highest BCUT2D eigenvalue weighted by Gasteiger charge is 2.50. The van der Waals surface area contributed by atoms with Crippen LogP contribution >= 0.6 is 24.2 Å². The summed E-state index contributed by atoms with van der Waals surface area (Å²) in [6.07, 6.45) is -3.06. The maximum Gasteiger partial charge on any atom is 0.416 e. The fourth-order valence-electron chi connectivity index (χ4n) is 5.24. The molecule has 10 nitrogen and oxygen atoms in total. The van der Waals surface area contributed by atoms with Crippen molar-refractivity contribution in [2.45, 2.75) is 43.2 Å². The first kappa shape index (κ1) is 28.8. The first-order chi connectivity index (χ1) is 19.8. The number of hydrogen-bond acceptors (Lipinski definition) is 9. The van der Waals surface area contributed by atoms with Crippen molar-refractivity contribution < 1.29 is 32.2 Å². The lowest BCUT2D eigenvalue weighted by Gasteiger charge is -2.42. The highest BCUT2D eigenvalue weighted by atomic mass is 35.5. The molecule has 6 rings (SSSR count). The largest absolute Gasteiger partial charge is 0.475 e. The Morgan fingerprint density at radius 3 is 2.81 bits per heavy atom. The van der Waals surface area contributed by atoms with E-state index < -0.39 is 28.4 Å². The fraction of sp³-hybridized carbons (Fsp3) is 0.407. The van der Waals surface area contributed by atoms with Crippen LogP contribution in [0.15, 0.2) is 42.7 Å². The van der Waals surface area contributed by atoms with Crippen LogP contribution in [-0.4, -0.2) is 64.0 Å². The van der Waals surface area contributed by atoms with Crippen molar-refractivity contribution in [1.29, 1.82) is 0 Å². The van der Waals surface area contributed by atoms with Crippen LogP contribution in [0.5, 0.6) is 5.88 Å². The topological polar surface area (TPSA) is 102 Å². The maximum atomic E-state index is 13.8. The molecule has 2 saturated heterocycles. The summed E-state index contributed by atoms with van der Waals surface area (Å²) in [5.41, 5.74) is 0.00755. The number of alkyl halides is 3. The quantitative estimate of drug-likeness (QED) is 0.353. The van der Waals surface area contributed by atoms with Crippen LogP contribution in [0.3, 0.4) is 0 Å². The zero-order valence-electron chi connectivity index (χ0n) is 22.5. The predicted octanol–water partition coefficient (Wildman–Crippen LogP) is 5.63. The Morgan fingerprint density at radius 2 is 2.07 bits per heavy atom. The fourth-order valence-corrected chi connectivity index (χ4v) is 5.95. The molecule has 2 atom stereocenters. The number of aromatic nitrogens is 3. The molecule has 2 aromatic heterocycles. The molecule has 2 bridgehead atoms. The molecule has 3 aliphatic rings. The van der Waals surface area contributed by atoms with E-state index in [0.29, 0.717) is 31.8 Å². The van der Waals surface area contributed by atoms with Crippen LogP contribution in [-0.2, 0) is 15.7 Å². The zero-order valence-corrected chi connectivity index (χ0v) is 24.1. The highest BCUT2D eigenvalue weighted by molar-refractivity contribution is 7.82. The highest BCUT2D eigenvalue weighted by Crippen LogP contribution is 2.49. The third kappa shape index (κ3) is 5.55. The molecule has 5 heterocycles. The van der Waals surface area contributed by atoms with Gasteiger partial charge in [-0.2, -0.15) is 13.2 Å². The second-order valence-electron chi connectivity index (χ2n) is 10.7. The van der Waals surface area contributed by atoms with Gasteiger partial charge in [0.05, 0.1) is 35.1 Å². The average molecular weight is 623 g/mol. The Kier molecular flexibility index (Phi) is 7.15. The summed E-state index contributed by atoms with van der Waals surface area (Å²) < 4.78 is 57.3. The Balaban J connectivity index is 1.28. The van der Waals surface area contributed by atoms with Crippen LogP contribution in [0.1, 0.15) is 25.8 Å². The number of carbonyl (C=O) groups is 1. The van der Waals surface area contributed by atoms with Crippen molar-refractivity contribution in [3.05, 3.63) is 53.3 Å².